The third-order valence-electron chi connectivity index (χ3n) is 11.7. The molecule has 5 rings (SSSR count). The Kier molecular flexibility index (Phi) is 10.7. The average Bonchev–Trinajstić information content (AvgIpc) is 3.08. The van der Waals surface area contributed by atoms with Crippen LogP contribution < -0.4 is 5.32 Å². The van der Waals surface area contributed by atoms with Gasteiger partial charge in [-0.2, -0.15) is 0 Å². The van der Waals surface area contributed by atoms with Gasteiger partial charge in [0.05, 0.1) is 17.5 Å². The number of nitrogens with one attached hydrogen (secondary N) is 1. The Morgan fingerprint density at radius 2 is 1.37 bits per heavy atom. The monoisotopic (exact) mass is 663 g/mol. The van der Waals surface area contributed by atoms with Crippen LogP contribution in [0.4, 0.5) is 0 Å². The zero-order chi connectivity index (χ0) is 35.5. The number of hydrogen-bond donors (Lipinski definition) is 1. The van der Waals surface area contributed by atoms with E-state index in [0.717, 1.165) is 29.5 Å². The molecule has 1 unspecified atom stereocenters. The van der Waals surface area contributed by atoms with Gasteiger partial charge in [0.2, 0.25) is 0 Å². The lowest BCUT2D eigenvalue weighted by Crippen LogP contribution is -2.68. The highest BCUT2D eigenvalue weighted by atomic mass is 16.7. The van der Waals surface area contributed by atoms with Crippen LogP contribution in [0.1, 0.15) is 90.3 Å². The molecule has 49 heavy (non-hydrogen) atoms. The number of ether oxygens (including phenoxy) is 2. The van der Waals surface area contributed by atoms with Gasteiger partial charge in [-0.25, -0.2) is 0 Å². The maximum Gasteiger partial charge on any atom is 0.323 e. The van der Waals surface area contributed by atoms with Crippen molar-refractivity contribution < 1.29 is 23.9 Å². The van der Waals surface area contributed by atoms with E-state index in [1.54, 1.807) is 6.08 Å². The predicted molar refractivity (Wildman–Crippen MR) is 193 cm³/mol. The maximum absolute atomic E-state index is 14.4. The van der Waals surface area contributed by atoms with Crippen molar-refractivity contribution >= 4 is 17.7 Å². The second kappa shape index (κ2) is 14.4. The highest BCUT2D eigenvalue weighted by Crippen LogP contribution is 2.66. The van der Waals surface area contributed by atoms with Gasteiger partial charge in [-0.3, -0.25) is 19.7 Å². The van der Waals surface area contributed by atoms with Gasteiger partial charge >= 0.3 is 11.9 Å². The molecular weight excluding hydrogens is 610 g/mol. The minimum absolute atomic E-state index is 0.00256. The lowest BCUT2D eigenvalue weighted by Gasteiger charge is -2.64. The van der Waals surface area contributed by atoms with Crippen LogP contribution in [0.25, 0.3) is 0 Å². The van der Waals surface area contributed by atoms with Gasteiger partial charge in [-0.15, -0.1) is 6.58 Å². The molecular formula is C43H53NO5. The second-order valence-electron chi connectivity index (χ2n) is 15.3. The molecule has 6 atom stereocenters. The van der Waals surface area contributed by atoms with Gasteiger partial charge in [-0.05, 0) is 59.1 Å². The van der Waals surface area contributed by atoms with Crippen LogP contribution >= 0.6 is 0 Å². The van der Waals surface area contributed by atoms with Gasteiger partial charge in [0.15, 0.2) is 0 Å². The fraction of sp³-hybridized carbons (Fsp3) is 0.465. The highest BCUT2D eigenvalue weighted by Gasteiger charge is 2.70. The number of allylic oxidation sites excluding steroid dienone is 1. The molecule has 0 bridgehead atoms. The topological polar surface area (TPSA) is 81.7 Å². The molecule has 0 aromatic heterocycles. The molecule has 2 fully saturated rings. The van der Waals surface area contributed by atoms with Crippen LogP contribution in [0, 0.1) is 34.5 Å². The SMILES string of the molecule is C=C[C@@H](C)CC(=O)[C@H]1[C@@H](C)CC[C@H]2C(C)(C)CCC(OC(C)=O)(OC(=O)CNC(c3ccccc3)(c3ccccc3)c3ccccc3)[C@]12C. The Morgan fingerprint density at radius 1 is 0.857 bits per heavy atom. The van der Waals surface area contributed by atoms with Crippen molar-refractivity contribution in [2.24, 2.45) is 34.5 Å². The number of esters is 2. The Bertz CT molecular complexity index is 1520. The third-order valence-corrected chi connectivity index (χ3v) is 11.7. The quantitative estimate of drug-likeness (QED) is 0.0904. The Balaban J connectivity index is 1.58. The largest absolute Gasteiger partial charge is 0.422 e. The van der Waals surface area contributed by atoms with Gasteiger partial charge in [-0.1, -0.05) is 132 Å². The number of Topliss-reactive ketones (excluding diaryl/α,β-unsaturated/α-hetero) is 1. The average molecular weight is 664 g/mol. The molecule has 0 saturated heterocycles. The summed E-state index contributed by atoms with van der Waals surface area (Å²) in [6, 6.07) is 30.2. The number of fused-ring (bicyclic) bond motifs is 1. The molecule has 3 aromatic carbocycles. The summed E-state index contributed by atoms with van der Waals surface area (Å²) in [5.74, 6) is -3.05. The van der Waals surface area contributed by atoms with Crippen LogP contribution in [0.3, 0.4) is 0 Å². The van der Waals surface area contributed by atoms with E-state index in [1.807, 2.05) is 68.4 Å². The molecule has 1 N–H and O–H groups in total. The molecule has 2 saturated carbocycles. The molecule has 260 valence electrons. The van der Waals surface area contributed by atoms with Gasteiger partial charge in [0.25, 0.3) is 5.79 Å². The number of benzene rings is 3. The molecule has 0 amide bonds. The number of hydrogen-bond acceptors (Lipinski definition) is 6. The van der Waals surface area contributed by atoms with E-state index in [9.17, 15) is 14.4 Å². The van der Waals surface area contributed by atoms with Crippen LogP contribution in [-0.2, 0) is 29.4 Å². The summed E-state index contributed by atoms with van der Waals surface area (Å²) in [6.07, 6.45) is 4.86. The highest BCUT2D eigenvalue weighted by molar-refractivity contribution is 5.83. The Labute approximate surface area is 292 Å². The van der Waals surface area contributed by atoms with Crippen molar-refractivity contribution in [2.45, 2.75) is 85.0 Å². The first-order valence-electron chi connectivity index (χ1n) is 17.8. The standard InChI is InChI=1S/C43H53NO5/c1-8-30(2)28-36(46)39-31(3)24-25-37-40(5,6)26-27-42(41(37,39)7,48-32(4)45)49-38(47)29-44-43(33-18-12-9-13-19-33,34-20-14-10-15-21-34)35-22-16-11-17-23-35/h8-23,30-31,37,39,44H,1,24-29H2,2-7H3/t30-,31+,37+,39-,41+,42?/m1/s1. The first-order valence-corrected chi connectivity index (χ1v) is 17.8. The summed E-state index contributed by atoms with van der Waals surface area (Å²) in [7, 11) is 0. The summed E-state index contributed by atoms with van der Waals surface area (Å²) in [4.78, 5) is 41.7. The molecule has 0 spiro atoms. The Hall–Kier alpha value is -4.03. The van der Waals surface area contributed by atoms with E-state index in [1.165, 1.54) is 6.92 Å². The van der Waals surface area contributed by atoms with Crippen molar-refractivity contribution in [3.05, 3.63) is 120 Å². The number of carbonyl (C=O) groups is 3. The van der Waals surface area contributed by atoms with Gasteiger partial charge in [0, 0.05) is 25.7 Å². The first-order chi connectivity index (χ1) is 23.3. The minimum atomic E-state index is -1.61. The molecule has 6 heteroatoms. The third kappa shape index (κ3) is 6.77. The molecule has 6 nitrogen and oxygen atoms in total. The number of rotatable bonds is 12. The van der Waals surface area contributed by atoms with Crippen molar-refractivity contribution in [2.75, 3.05) is 6.54 Å². The van der Waals surface area contributed by atoms with E-state index >= 15 is 0 Å². The van der Waals surface area contributed by atoms with E-state index in [2.05, 4.69) is 69.1 Å². The molecule has 0 heterocycles. The normalized spacial score (nSPS) is 26.9. The maximum atomic E-state index is 14.4. The first kappa shape index (κ1) is 36.3. The van der Waals surface area contributed by atoms with Gasteiger partial charge < -0.3 is 9.47 Å². The fourth-order valence-electron chi connectivity index (χ4n) is 9.39. The van der Waals surface area contributed by atoms with E-state index < -0.39 is 34.6 Å². The molecule has 2 aliphatic rings. The zero-order valence-corrected chi connectivity index (χ0v) is 30.0. The minimum Gasteiger partial charge on any atom is -0.422 e. The summed E-state index contributed by atoms with van der Waals surface area (Å²) in [6.45, 7) is 15.7. The smallest absolute Gasteiger partial charge is 0.323 e. The van der Waals surface area contributed by atoms with Crippen molar-refractivity contribution in [1.82, 2.24) is 5.32 Å². The van der Waals surface area contributed by atoms with Gasteiger partial charge in [0.1, 0.15) is 5.78 Å². The second-order valence-corrected chi connectivity index (χ2v) is 15.3. The summed E-state index contributed by atoms with van der Waals surface area (Å²) in [5, 5.41) is 3.63. The van der Waals surface area contributed by atoms with Crippen LogP contribution in [-0.4, -0.2) is 30.1 Å². The van der Waals surface area contributed by atoms with Crippen molar-refractivity contribution in [1.29, 1.82) is 0 Å². The zero-order valence-electron chi connectivity index (χ0n) is 30.0. The Morgan fingerprint density at radius 3 is 1.84 bits per heavy atom. The molecule has 2 aliphatic carbocycles. The van der Waals surface area contributed by atoms with Crippen LogP contribution in [0.15, 0.2) is 104 Å². The fourth-order valence-corrected chi connectivity index (χ4v) is 9.39. The summed E-state index contributed by atoms with van der Waals surface area (Å²) < 4.78 is 12.9. The van der Waals surface area contributed by atoms with Crippen LogP contribution in [0.2, 0.25) is 0 Å². The van der Waals surface area contributed by atoms with Crippen molar-refractivity contribution in [3.8, 4) is 0 Å². The van der Waals surface area contributed by atoms with E-state index in [4.69, 9.17) is 9.47 Å². The summed E-state index contributed by atoms with van der Waals surface area (Å²) >= 11 is 0. The van der Waals surface area contributed by atoms with E-state index in [-0.39, 0.29) is 35.5 Å². The number of carbonyl (C=O) groups excluding carboxylic acids is 3. The molecule has 3 aromatic rings. The van der Waals surface area contributed by atoms with Crippen LogP contribution in [0.5, 0.6) is 0 Å². The lowest BCUT2D eigenvalue weighted by molar-refractivity contribution is -0.327. The lowest BCUT2D eigenvalue weighted by atomic mass is 9.43. The molecule has 0 aliphatic heterocycles. The molecule has 0 radical (unpaired) electrons. The number of ketones is 1. The van der Waals surface area contributed by atoms with Crippen molar-refractivity contribution in [3.63, 3.8) is 0 Å². The summed E-state index contributed by atoms with van der Waals surface area (Å²) in [5.41, 5.74) is 0.894. The predicted octanol–water partition coefficient (Wildman–Crippen LogP) is 8.64. The van der Waals surface area contributed by atoms with E-state index in [0.29, 0.717) is 19.3 Å².